The number of aromatic nitrogens is 1. The number of hydrogen-bond donors (Lipinski definition) is 1. The molecule has 0 saturated carbocycles. The average Bonchev–Trinajstić information content (AvgIpc) is 2.14. The highest BCUT2D eigenvalue weighted by Crippen LogP contribution is 2.05. The van der Waals surface area contributed by atoms with Crippen molar-refractivity contribution in [3.8, 4) is 0 Å². The van der Waals surface area contributed by atoms with E-state index in [1.165, 1.54) is 0 Å². The Morgan fingerprint density at radius 1 is 1.88 bits per heavy atom. The predicted octanol–water partition coefficient (Wildman–Crippen LogP) is 1.06. The van der Waals surface area contributed by atoms with Gasteiger partial charge < -0.3 is 9.84 Å². The van der Waals surface area contributed by atoms with E-state index in [-0.39, 0.29) is 0 Å². The fraction of sp³-hybridized carbons (Fsp3) is 0.200. The van der Waals surface area contributed by atoms with Gasteiger partial charge in [-0.25, -0.2) is 0 Å². The molecular weight excluding hydrogens is 104 g/mol. The summed E-state index contributed by atoms with van der Waals surface area (Å²) in [5.74, 6) is 0.488. The van der Waals surface area contributed by atoms with Crippen LogP contribution in [-0.4, -0.2) is 5.16 Å². The van der Waals surface area contributed by atoms with Crippen molar-refractivity contribution >= 4 is 5.88 Å². The van der Waals surface area contributed by atoms with Crippen LogP contribution in [0.15, 0.2) is 10.6 Å². The molecule has 0 aliphatic rings. The number of hydrogen-bond acceptors (Lipinski definition) is 3. The van der Waals surface area contributed by atoms with E-state index in [1.807, 2.05) is 6.92 Å². The Morgan fingerprint density at radius 2 is 2.62 bits per heavy atom. The van der Waals surface area contributed by atoms with Crippen LogP contribution in [0.25, 0.3) is 0 Å². The minimum Gasteiger partial charge on any atom is -0.347 e. The quantitative estimate of drug-likeness (QED) is 0.549. The number of nitrogens with zero attached hydrogens (tertiary/aromatic N) is 1. The van der Waals surface area contributed by atoms with Gasteiger partial charge in [-0.05, 0) is 6.92 Å². The molecule has 0 atom stereocenters. The van der Waals surface area contributed by atoms with Crippen LogP contribution < -0.4 is 5.32 Å². The zero-order valence-electron chi connectivity index (χ0n) is 4.51. The summed E-state index contributed by atoms with van der Waals surface area (Å²) >= 11 is 0. The molecule has 8 heavy (non-hydrogen) atoms. The van der Waals surface area contributed by atoms with E-state index in [1.54, 1.807) is 6.07 Å². The molecule has 3 nitrogen and oxygen atoms in total. The van der Waals surface area contributed by atoms with E-state index in [4.69, 9.17) is 7.05 Å². The number of rotatable bonds is 1. The maximum atomic E-state index is 4.98. The third-order valence-electron chi connectivity index (χ3n) is 0.770. The van der Waals surface area contributed by atoms with Crippen LogP contribution in [0.1, 0.15) is 5.69 Å². The number of nitrogens with one attached hydrogen (secondary N) is 1. The van der Waals surface area contributed by atoms with Crippen LogP contribution >= 0.6 is 0 Å². The molecule has 42 valence electrons. The molecule has 1 N–H and O–H groups in total. The SMILES string of the molecule is [CH]Nc1cc(C)no1. The van der Waals surface area contributed by atoms with E-state index in [0.29, 0.717) is 5.88 Å². The molecule has 1 aromatic rings. The van der Waals surface area contributed by atoms with Crippen LogP contribution in [0.2, 0.25) is 0 Å². The first-order valence-corrected chi connectivity index (χ1v) is 2.23. The fourth-order valence-corrected chi connectivity index (χ4v) is 0.432. The summed E-state index contributed by atoms with van der Waals surface area (Å²) in [6.45, 7) is 1.82. The molecule has 0 aromatic carbocycles. The third kappa shape index (κ3) is 0.804. The lowest BCUT2D eigenvalue weighted by Crippen LogP contribution is -1.77. The maximum Gasteiger partial charge on any atom is 0.225 e. The standard InChI is InChI=1S/C5H6N2O/c1-4-3-5(6-2)8-7-4/h2-3,6H,1H3. The highest BCUT2D eigenvalue weighted by Gasteiger charge is 1.92. The average molecular weight is 110 g/mol. The zero-order valence-corrected chi connectivity index (χ0v) is 4.51. The zero-order chi connectivity index (χ0) is 5.98. The molecule has 0 spiro atoms. The third-order valence-corrected chi connectivity index (χ3v) is 0.770. The second-order valence-electron chi connectivity index (χ2n) is 1.48. The van der Waals surface area contributed by atoms with Gasteiger partial charge in [0.2, 0.25) is 5.88 Å². The molecule has 1 heterocycles. The Hall–Kier alpha value is -0.990. The predicted molar refractivity (Wildman–Crippen MR) is 29.2 cm³/mol. The van der Waals surface area contributed by atoms with Gasteiger partial charge in [0.1, 0.15) is 0 Å². The van der Waals surface area contributed by atoms with Crippen LogP contribution in [-0.2, 0) is 0 Å². The number of aryl methyl sites for hydroxylation is 1. The molecule has 0 fully saturated rings. The van der Waals surface area contributed by atoms with E-state index in [2.05, 4.69) is 15.0 Å². The van der Waals surface area contributed by atoms with Crippen molar-refractivity contribution in [2.75, 3.05) is 5.32 Å². The highest BCUT2D eigenvalue weighted by atomic mass is 16.5. The molecule has 0 bridgehead atoms. The summed E-state index contributed by atoms with van der Waals surface area (Å²) < 4.78 is 4.63. The largest absolute Gasteiger partial charge is 0.347 e. The summed E-state index contributed by atoms with van der Waals surface area (Å²) in [7, 11) is 4.98. The fourth-order valence-electron chi connectivity index (χ4n) is 0.432. The van der Waals surface area contributed by atoms with Crippen molar-refractivity contribution in [1.29, 1.82) is 0 Å². The van der Waals surface area contributed by atoms with Crippen molar-refractivity contribution in [3.63, 3.8) is 0 Å². The molecule has 3 heteroatoms. The van der Waals surface area contributed by atoms with Gasteiger partial charge in [0, 0.05) is 6.07 Å². The summed E-state index contributed by atoms with van der Waals surface area (Å²) in [6.07, 6.45) is 0. The smallest absolute Gasteiger partial charge is 0.225 e. The van der Waals surface area contributed by atoms with Crippen LogP contribution in [0.4, 0.5) is 5.88 Å². The van der Waals surface area contributed by atoms with Crippen molar-refractivity contribution < 1.29 is 4.52 Å². The topological polar surface area (TPSA) is 38.1 Å². The van der Waals surface area contributed by atoms with Gasteiger partial charge in [0.25, 0.3) is 0 Å². The molecule has 0 aliphatic heterocycles. The summed E-state index contributed by atoms with van der Waals surface area (Å²) in [4.78, 5) is 0. The monoisotopic (exact) mass is 110 g/mol. The van der Waals surface area contributed by atoms with Crippen molar-refractivity contribution in [2.24, 2.45) is 0 Å². The Morgan fingerprint density at radius 3 is 2.88 bits per heavy atom. The summed E-state index contributed by atoms with van der Waals surface area (Å²) in [6, 6.07) is 1.71. The van der Waals surface area contributed by atoms with Gasteiger partial charge in [-0.15, -0.1) is 0 Å². The van der Waals surface area contributed by atoms with E-state index in [9.17, 15) is 0 Å². The first kappa shape index (κ1) is 5.15. The Kier molecular flexibility index (Phi) is 1.20. The molecule has 1 aromatic heterocycles. The minimum absolute atomic E-state index is 0.488. The van der Waals surface area contributed by atoms with Crippen LogP contribution in [0.5, 0.6) is 0 Å². The minimum atomic E-state index is 0.488. The lowest BCUT2D eigenvalue weighted by Gasteiger charge is -1.82. The second-order valence-corrected chi connectivity index (χ2v) is 1.48. The molecule has 2 radical (unpaired) electrons. The van der Waals surface area contributed by atoms with Gasteiger partial charge in [-0.3, -0.25) is 0 Å². The molecule has 0 aliphatic carbocycles. The highest BCUT2D eigenvalue weighted by molar-refractivity contribution is 5.30. The molecular formula is C5H6N2O. The van der Waals surface area contributed by atoms with Crippen molar-refractivity contribution in [2.45, 2.75) is 6.92 Å². The molecule has 0 saturated heterocycles. The van der Waals surface area contributed by atoms with Crippen LogP contribution in [0, 0.1) is 14.0 Å². The molecule has 0 unspecified atom stereocenters. The molecule has 0 amide bonds. The second kappa shape index (κ2) is 1.86. The van der Waals surface area contributed by atoms with Crippen molar-refractivity contribution in [3.05, 3.63) is 18.8 Å². The Balaban J connectivity index is 2.84. The normalized spacial score (nSPS) is 9.25. The Bertz CT molecular complexity index is 171. The lowest BCUT2D eigenvalue weighted by molar-refractivity contribution is 0.429. The van der Waals surface area contributed by atoms with Crippen molar-refractivity contribution in [1.82, 2.24) is 5.16 Å². The van der Waals surface area contributed by atoms with E-state index < -0.39 is 0 Å². The van der Waals surface area contributed by atoms with E-state index >= 15 is 0 Å². The van der Waals surface area contributed by atoms with Gasteiger partial charge in [0.05, 0.1) is 12.7 Å². The lowest BCUT2D eigenvalue weighted by atomic mass is 10.5. The van der Waals surface area contributed by atoms with Gasteiger partial charge in [0.15, 0.2) is 0 Å². The first-order chi connectivity index (χ1) is 3.83. The number of anilines is 1. The summed E-state index contributed by atoms with van der Waals surface area (Å²) in [5, 5.41) is 5.89. The summed E-state index contributed by atoms with van der Waals surface area (Å²) in [5.41, 5.74) is 0.818. The van der Waals surface area contributed by atoms with E-state index in [0.717, 1.165) is 5.69 Å². The maximum absolute atomic E-state index is 4.98. The van der Waals surface area contributed by atoms with Crippen LogP contribution in [0.3, 0.4) is 0 Å². The van der Waals surface area contributed by atoms with Gasteiger partial charge in [-0.2, -0.15) is 0 Å². The Labute approximate surface area is 47.7 Å². The first-order valence-electron chi connectivity index (χ1n) is 2.23. The van der Waals surface area contributed by atoms with Gasteiger partial charge in [-0.1, -0.05) is 5.16 Å². The van der Waals surface area contributed by atoms with Gasteiger partial charge >= 0.3 is 0 Å². The molecule has 1 rings (SSSR count).